The first-order valence-corrected chi connectivity index (χ1v) is 6.50. The van der Waals surface area contributed by atoms with E-state index in [-0.39, 0.29) is 0 Å². The minimum Gasteiger partial charge on any atom is -0.466 e. The van der Waals surface area contributed by atoms with Gasteiger partial charge in [-0.3, -0.25) is 0 Å². The molecule has 1 rings (SSSR count). The van der Waals surface area contributed by atoms with Crippen molar-refractivity contribution in [2.75, 3.05) is 19.5 Å². The lowest BCUT2D eigenvalue weighted by atomic mass is 10.1. The smallest absolute Gasteiger partial charge is 0.418 e. The lowest BCUT2D eigenvalue weighted by Gasteiger charge is -2.15. The van der Waals surface area contributed by atoms with Gasteiger partial charge in [-0.1, -0.05) is 15.9 Å². The highest BCUT2D eigenvalue weighted by Gasteiger charge is 2.34. The molecule has 0 radical (unpaired) electrons. The SMILES string of the molecule is COC(=O)/C=C(/Nc1cc(Br)ccc1C(F)(F)F)C(=O)OC. The number of esters is 2. The fourth-order valence-corrected chi connectivity index (χ4v) is 1.81. The molecule has 0 bridgehead atoms. The van der Waals surface area contributed by atoms with E-state index >= 15 is 0 Å². The maximum atomic E-state index is 13.0. The molecule has 0 aromatic heterocycles. The van der Waals surface area contributed by atoms with Crippen LogP contribution in [-0.2, 0) is 25.2 Å². The number of halogens is 4. The van der Waals surface area contributed by atoms with Gasteiger partial charge in [0, 0.05) is 4.47 Å². The molecule has 0 amide bonds. The molecule has 0 spiro atoms. The summed E-state index contributed by atoms with van der Waals surface area (Å²) in [6.45, 7) is 0. The lowest BCUT2D eigenvalue weighted by molar-refractivity contribution is -0.138. The second-order valence-corrected chi connectivity index (χ2v) is 4.80. The summed E-state index contributed by atoms with van der Waals surface area (Å²) in [4.78, 5) is 22.8. The van der Waals surface area contributed by atoms with Gasteiger partial charge < -0.3 is 14.8 Å². The number of carbonyl (C=O) groups excluding carboxylic acids is 2. The Labute approximate surface area is 132 Å². The largest absolute Gasteiger partial charge is 0.466 e. The number of alkyl halides is 3. The summed E-state index contributed by atoms with van der Waals surface area (Å²) in [5, 5.41) is 2.25. The zero-order chi connectivity index (χ0) is 16.9. The van der Waals surface area contributed by atoms with Crippen molar-refractivity contribution >= 4 is 33.6 Å². The molecule has 22 heavy (non-hydrogen) atoms. The van der Waals surface area contributed by atoms with Crippen LogP contribution in [0.15, 0.2) is 34.4 Å². The lowest BCUT2D eigenvalue weighted by Crippen LogP contribution is -2.18. The summed E-state index contributed by atoms with van der Waals surface area (Å²) in [5.74, 6) is -1.94. The molecule has 0 aliphatic carbocycles. The highest BCUT2D eigenvalue weighted by molar-refractivity contribution is 9.10. The van der Waals surface area contributed by atoms with Crippen molar-refractivity contribution in [2.45, 2.75) is 6.18 Å². The van der Waals surface area contributed by atoms with Gasteiger partial charge in [0.25, 0.3) is 0 Å². The monoisotopic (exact) mass is 381 g/mol. The van der Waals surface area contributed by atoms with E-state index in [2.05, 4.69) is 30.7 Å². The molecule has 1 aromatic rings. The fourth-order valence-electron chi connectivity index (χ4n) is 1.44. The zero-order valence-electron chi connectivity index (χ0n) is 11.5. The van der Waals surface area contributed by atoms with Gasteiger partial charge in [0.15, 0.2) is 0 Å². The highest BCUT2D eigenvalue weighted by Crippen LogP contribution is 2.36. The maximum absolute atomic E-state index is 13.0. The van der Waals surface area contributed by atoms with Crippen molar-refractivity contribution in [1.82, 2.24) is 0 Å². The quantitative estimate of drug-likeness (QED) is 0.641. The van der Waals surface area contributed by atoms with Crippen molar-refractivity contribution in [3.63, 3.8) is 0 Å². The van der Waals surface area contributed by atoms with Crippen LogP contribution in [0.4, 0.5) is 18.9 Å². The predicted molar refractivity (Wildman–Crippen MR) is 74.9 cm³/mol. The zero-order valence-corrected chi connectivity index (χ0v) is 13.0. The number of anilines is 1. The molecule has 0 unspecified atom stereocenters. The number of carbonyl (C=O) groups is 2. The molecule has 0 heterocycles. The van der Waals surface area contributed by atoms with Gasteiger partial charge >= 0.3 is 18.1 Å². The fraction of sp³-hybridized carbons (Fsp3) is 0.231. The summed E-state index contributed by atoms with van der Waals surface area (Å²) in [6.07, 6.45) is -3.94. The van der Waals surface area contributed by atoms with Crippen molar-refractivity contribution in [3.8, 4) is 0 Å². The summed E-state index contributed by atoms with van der Waals surface area (Å²) < 4.78 is 48.0. The summed E-state index contributed by atoms with van der Waals surface area (Å²) in [7, 11) is 2.09. The third kappa shape index (κ3) is 4.76. The second kappa shape index (κ2) is 7.30. The number of benzene rings is 1. The third-order valence-corrected chi connectivity index (χ3v) is 2.92. The van der Waals surface area contributed by atoms with E-state index in [0.29, 0.717) is 10.5 Å². The van der Waals surface area contributed by atoms with Gasteiger partial charge in [0.05, 0.1) is 31.5 Å². The number of methoxy groups -OCH3 is 2. The van der Waals surface area contributed by atoms with Crippen LogP contribution in [0.2, 0.25) is 0 Å². The van der Waals surface area contributed by atoms with Crippen LogP contribution in [0.25, 0.3) is 0 Å². The first kappa shape index (κ1) is 18.0. The van der Waals surface area contributed by atoms with Gasteiger partial charge in [0.2, 0.25) is 0 Å². The molecule has 0 saturated carbocycles. The van der Waals surface area contributed by atoms with E-state index in [1.165, 1.54) is 6.07 Å². The Morgan fingerprint density at radius 3 is 2.36 bits per heavy atom. The van der Waals surface area contributed by atoms with E-state index in [0.717, 1.165) is 26.4 Å². The number of ether oxygens (including phenoxy) is 2. The Morgan fingerprint density at radius 1 is 1.23 bits per heavy atom. The van der Waals surface area contributed by atoms with Gasteiger partial charge in [-0.15, -0.1) is 0 Å². The van der Waals surface area contributed by atoms with Crippen LogP contribution in [-0.4, -0.2) is 26.2 Å². The molecule has 9 heteroatoms. The first-order valence-electron chi connectivity index (χ1n) is 5.70. The van der Waals surface area contributed by atoms with Gasteiger partial charge in [-0.25, -0.2) is 9.59 Å². The topological polar surface area (TPSA) is 64.6 Å². The Balaban J connectivity index is 3.29. The molecule has 120 valence electrons. The molecule has 5 nitrogen and oxygen atoms in total. The van der Waals surface area contributed by atoms with Crippen LogP contribution in [0.1, 0.15) is 5.56 Å². The number of rotatable bonds is 4. The number of hydrogen-bond acceptors (Lipinski definition) is 5. The average molecular weight is 382 g/mol. The van der Waals surface area contributed by atoms with Crippen molar-refractivity contribution < 1.29 is 32.2 Å². The second-order valence-electron chi connectivity index (χ2n) is 3.89. The molecular formula is C13H11BrF3NO4. The minimum absolute atomic E-state index is 0.352. The van der Waals surface area contributed by atoms with E-state index < -0.39 is 35.1 Å². The molecular weight excluding hydrogens is 371 g/mol. The van der Waals surface area contributed by atoms with Crippen LogP contribution in [0, 0.1) is 0 Å². The van der Waals surface area contributed by atoms with E-state index in [1.54, 1.807) is 0 Å². The molecule has 1 N–H and O–H groups in total. The Bertz CT molecular complexity index is 614. The molecule has 0 atom stereocenters. The van der Waals surface area contributed by atoms with Crippen LogP contribution in [0.5, 0.6) is 0 Å². The Hall–Kier alpha value is -2.03. The Morgan fingerprint density at radius 2 is 1.86 bits per heavy atom. The molecule has 1 aromatic carbocycles. The number of nitrogens with one attached hydrogen (secondary N) is 1. The van der Waals surface area contributed by atoms with Crippen molar-refractivity contribution in [1.29, 1.82) is 0 Å². The number of hydrogen-bond donors (Lipinski definition) is 1. The van der Waals surface area contributed by atoms with Crippen LogP contribution in [0.3, 0.4) is 0 Å². The van der Waals surface area contributed by atoms with E-state index in [4.69, 9.17) is 0 Å². The molecule has 0 fully saturated rings. The van der Waals surface area contributed by atoms with Gasteiger partial charge in [-0.2, -0.15) is 13.2 Å². The summed E-state index contributed by atoms with van der Waals surface area (Å²) >= 11 is 3.04. The van der Waals surface area contributed by atoms with Gasteiger partial charge in [-0.05, 0) is 18.2 Å². The van der Waals surface area contributed by atoms with E-state index in [1.807, 2.05) is 0 Å². The molecule has 0 aliphatic rings. The molecule has 0 saturated heterocycles. The van der Waals surface area contributed by atoms with Crippen LogP contribution < -0.4 is 5.32 Å². The van der Waals surface area contributed by atoms with Gasteiger partial charge in [0.1, 0.15) is 5.70 Å². The predicted octanol–water partition coefficient (Wildman–Crippen LogP) is 3.11. The third-order valence-electron chi connectivity index (χ3n) is 2.43. The van der Waals surface area contributed by atoms with Crippen molar-refractivity contribution in [3.05, 3.63) is 40.0 Å². The van der Waals surface area contributed by atoms with E-state index in [9.17, 15) is 22.8 Å². The molecule has 0 aliphatic heterocycles. The minimum atomic E-state index is -4.64. The highest BCUT2D eigenvalue weighted by atomic mass is 79.9. The average Bonchev–Trinajstić information content (AvgIpc) is 2.44. The maximum Gasteiger partial charge on any atom is 0.418 e. The summed E-state index contributed by atoms with van der Waals surface area (Å²) in [6, 6.07) is 3.16. The standard InChI is InChI=1S/C13H11BrF3NO4/c1-21-11(19)6-10(12(20)22-2)18-9-5-7(14)3-4-8(9)13(15,16)17/h3-6,18H,1-2H3/b10-6+. The summed E-state index contributed by atoms with van der Waals surface area (Å²) in [5.41, 5.74) is -1.91. The Kier molecular flexibility index (Phi) is 5.98. The van der Waals surface area contributed by atoms with Crippen LogP contribution >= 0.6 is 15.9 Å². The van der Waals surface area contributed by atoms with Crippen molar-refractivity contribution in [2.24, 2.45) is 0 Å². The normalized spacial score (nSPS) is 11.8. The first-order chi connectivity index (χ1) is 10.2.